The Bertz CT molecular complexity index is 707. The van der Waals surface area contributed by atoms with Crippen LogP contribution in [0.15, 0.2) is 48.5 Å². The third-order valence-electron chi connectivity index (χ3n) is 4.36. The zero-order valence-corrected chi connectivity index (χ0v) is 14.9. The number of nitrogens with zero attached hydrogens (tertiary/aromatic N) is 2. The molecule has 1 N–H and O–H groups in total. The van der Waals surface area contributed by atoms with E-state index in [1.165, 1.54) is 12.5 Å². The first kappa shape index (κ1) is 17.5. The van der Waals surface area contributed by atoms with Crippen molar-refractivity contribution >= 4 is 11.6 Å². The van der Waals surface area contributed by atoms with Crippen LogP contribution >= 0.6 is 0 Å². The number of rotatable bonds is 5. The molecular weight excluding hydrogens is 314 g/mol. The van der Waals surface area contributed by atoms with Gasteiger partial charge in [0.25, 0.3) is 0 Å². The molecule has 2 aromatic rings. The quantitative estimate of drug-likeness (QED) is 0.909. The number of likely N-dealkylation sites (N-methyl/N-ethyl adjacent to an activating group) is 1. The molecule has 0 bridgehead atoms. The van der Waals surface area contributed by atoms with Crippen molar-refractivity contribution in [3.05, 3.63) is 54.1 Å². The average molecular weight is 339 g/mol. The predicted octanol–water partition coefficient (Wildman–Crippen LogP) is 3.18. The first-order valence-corrected chi connectivity index (χ1v) is 8.64. The molecule has 5 heteroatoms. The molecule has 0 aliphatic carbocycles. The van der Waals surface area contributed by atoms with Crippen LogP contribution in [0, 0.1) is 0 Å². The number of piperazine rings is 1. The van der Waals surface area contributed by atoms with Gasteiger partial charge in [0.05, 0.1) is 0 Å². The minimum atomic E-state index is -0.0776. The Morgan fingerprint density at radius 2 is 1.72 bits per heavy atom. The summed E-state index contributed by atoms with van der Waals surface area (Å²) in [5.74, 6) is 1.57. The van der Waals surface area contributed by atoms with Crippen LogP contribution in [-0.4, -0.2) is 48.9 Å². The number of amides is 1. The van der Waals surface area contributed by atoms with Gasteiger partial charge in [-0.05, 0) is 37.4 Å². The maximum Gasteiger partial charge on any atom is 0.221 e. The number of hydrogen-bond acceptors (Lipinski definition) is 4. The molecule has 0 spiro atoms. The molecule has 0 aromatic heterocycles. The van der Waals surface area contributed by atoms with Crippen molar-refractivity contribution in [3.63, 3.8) is 0 Å². The molecule has 1 heterocycles. The smallest absolute Gasteiger partial charge is 0.221 e. The largest absolute Gasteiger partial charge is 0.457 e. The van der Waals surface area contributed by atoms with E-state index in [-0.39, 0.29) is 5.91 Å². The van der Waals surface area contributed by atoms with Crippen molar-refractivity contribution in [2.45, 2.75) is 13.5 Å². The minimum absolute atomic E-state index is 0.0776. The fourth-order valence-corrected chi connectivity index (χ4v) is 2.92. The van der Waals surface area contributed by atoms with E-state index in [1.807, 2.05) is 36.4 Å². The maximum atomic E-state index is 11.1. The lowest BCUT2D eigenvalue weighted by molar-refractivity contribution is -0.114. The fourth-order valence-electron chi connectivity index (χ4n) is 2.92. The molecule has 0 saturated carbocycles. The number of carbonyl (C=O) groups is 1. The van der Waals surface area contributed by atoms with E-state index in [0.29, 0.717) is 0 Å². The van der Waals surface area contributed by atoms with Crippen LogP contribution in [0.4, 0.5) is 5.69 Å². The van der Waals surface area contributed by atoms with Crippen molar-refractivity contribution in [3.8, 4) is 11.5 Å². The van der Waals surface area contributed by atoms with Crippen molar-refractivity contribution < 1.29 is 9.53 Å². The minimum Gasteiger partial charge on any atom is -0.457 e. The molecule has 25 heavy (non-hydrogen) atoms. The lowest BCUT2D eigenvalue weighted by atomic mass is 10.1. The average Bonchev–Trinajstić information content (AvgIpc) is 2.60. The molecule has 3 rings (SSSR count). The molecule has 1 saturated heterocycles. The Morgan fingerprint density at radius 1 is 1.04 bits per heavy atom. The molecule has 2 aromatic carbocycles. The summed E-state index contributed by atoms with van der Waals surface area (Å²) < 4.78 is 6.08. The molecule has 1 aliphatic heterocycles. The third kappa shape index (κ3) is 5.05. The first-order valence-electron chi connectivity index (χ1n) is 8.64. The molecule has 0 unspecified atom stereocenters. The van der Waals surface area contributed by atoms with Gasteiger partial charge in [0.1, 0.15) is 11.5 Å². The van der Waals surface area contributed by atoms with Gasteiger partial charge in [0.15, 0.2) is 0 Å². The number of para-hydroxylation sites is 1. The molecular formula is C20H25N3O2. The second kappa shape index (κ2) is 8.14. The van der Waals surface area contributed by atoms with E-state index < -0.39 is 0 Å². The Balaban J connectivity index is 1.67. The van der Waals surface area contributed by atoms with Crippen molar-refractivity contribution in [1.29, 1.82) is 0 Å². The predicted molar refractivity (Wildman–Crippen MR) is 100 cm³/mol. The maximum absolute atomic E-state index is 11.1. The van der Waals surface area contributed by atoms with Gasteiger partial charge in [0.2, 0.25) is 5.91 Å². The highest BCUT2D eigenvalue weighted by Gasteiger charge is 2.15. The number of carbonyl (C=O) groups excluding carboxylic acids is 1. The van der Waals surface area contributed by atoms with Gasteiger partial charge in [-0.2, -0.15) is 0 Å². The molecule has 5 nitrogen and oxygen atoms in total. The van der Waals surface area contributed by atoms with Crippen LogP contribution in [0.25, 0.3) is 0 Å². The van der Waals surface area contributed by atoms with Crippen LogP contribution in [0.5, 0.6) is 11.5 Å². The molecule has 132 valence electrons. The SMILES string of the molecule is CC(=O)Nc1ccc(Oc2ccccc2CN2CCN(C)CC2)cc1. The monoisotopic (exact) mass is 339 g/mol. The van der Waals surface area contributed by atoms with E-state index in [0.717, 1.165) is 49.9 Å². The Morgan fingerprint density at radius 3 is 2.40 bits per heavy atom. The second-order valence-corrected chi connectivity index (χ2v) is 6.49. The summed E-state index contributed by atoms with van der Waals surface area (Å²) in [6.07, 6.45) is 0. The van der Waals surface area contributed by atoms with Gasteiger partial charge in [-0.3, -0.25) is 9.69 Å². The van der Waals surface area contributed by atoms with Gasteiger partial charge in [-0.1, -0.05) is 18.2 Å². The molecule has 1 amide bonds. The van der Waals surface area contributed by atoms with Crippen LogP contribution in [0.2, 0.25) is 0 Å². The highest BCUT2D eigenvalue weighted by molar-refractivity contribution is 5.88. The van der Waals surface area contributed by atoms with Crippen LogP contribution in [-0.2, 0) is 11.3 Å². The highest BCUT2D eigenvalue weighted by Crippen LogP contribution is 2.27. The summed E-state index contributed by atoms with van der Waals surface area (Å²) in [6, 6.07) is 15.6. The standard InChI is InChI=1S/C20H25N3O2/c1-16(24)21-18-7-9-19(10-8-18)25-20-6-4-3-5-17(20)15-23-13-11-22(2)12-14-23/h3-10H,11-15H2,1-2H3,(H,21,24). The summed E-state index contributed by atoms with van der Waals surface area (Å²) >= 11 is 0. The lowest BCUT2D eigenvalue weighted by Crippen LogP contribution is -2.43. The van der Waals surface area contributed by atoms with Gasteiger partial charge < -0.3 is 15.0 Å². The second-order valence-electron chi connectivity index (χ2n) is 6.49. The number of ether oxygens (including phenoxy) is 1. The molecule has 1 aliphatic rings. The number of benzene rings is 2. The Labute approximate surface area is 149 Å². The van der Waals surface area contributed by atoms with Crippen LogP contribution < -0.4 is 10.1 Å². The first-order chi connectivity index (χ1) is 12.1. The summed E-state index contributed by atoms with van der Waals surface area (Å²) in [6.45, 7) is 6.76. The van der Waals surface area contributed by atoms with Gasteiger partial charge in [-0.25, -0.2) is 0 Å². The van der Waals surface area contributed by atoms with Crippen LogP contribution in [0.1, 0.15) is 12.5 Å². The van der Waals surface area contributed by atoms with E-state index in [4.69, 9.17) is 4.74 Å². The highest BCUT2D eigenvalue weighted by atomic mass is 16.5. The summed E-state index contributed by atoms with van der Waals surface area (Å²) in [4.78, 5) is 15.9. The lowest BCUT2D eigenvalue weighted by Gasteiger charge is -2.32. The van der Waals surface area contributed by atoms with Crippen LogP contribution in [0.3, 0.4) is 0 Å². The Kier molecular flexibility index (Phi) is 5.68. The van der Waals surface area contributed by atoms with Gasteiger partial charge >= 0.3 is 0 Å². The number of nitrogens with one attached hydrogen (secondary N) is 1. The number of anilines is 1. The van der Waals surface area contributed by atoms with Crippen molar-refractivity contribution in [2.75, 3.05) is 38.5 Å². The zero-order chi connectivity index (χ0) is 17.6. The van der Waals surface area contributed by atoms with Gasteiger partial charge in [0, 0.05) is 50.9 Å². The summed E-state index contributed by atoms with van der Waals surface area (Å²) in [5.41, 5.74) is 1.96. The van der Waals surface area contributed by atoms with E-state index >= 15 is 0 Å². The van der Waals surface area contributed by atoms with E-state index in [2.05, 4.69) is 34.3 Å². The third-order valence-corrected chi connectivity index (χ3v) is 4.36. The van der Waals surface area contributed by atoms with E-state index in [1.54, 1.807) is 0 Å². The van der Waals surface area contributed by atoms with Gasteiger partial charge in [-0.15, -0.1) is 0 Å². The molecule has 1 fully saturated rings. The summed E-state index contributed by atoms with van der Waals surface area (Å²) in [5, 5.41) is 2.76. The fraction of sp³-hybridized carbons (Fsp3) is 0.350. The molecule has 0 radical (unpaired) electrons. The number of hydrogen-bond donors (Lipinski definition) is 1. The zero-order valence-electron chi connectivity index (χ0n) is 14.9. The summed E-state index contributed by atoms with van der Waals surface area (Å²) in [7, 11) is 2.17. The Hall–Kier alpha value is -2.37. The van der Waals surface area contributed by atoms with Crippen molar-refractivity contribution in [1.82, 2.24) is 9.80 Å². The van der Waals surface area contributed by atoms with E-state index in [9.17, 15) is 4.79 Å². The normalized spacial score (nSPS) is 15.8. The molecule has 0 atom stereocenters. The van der Waals surface area contributed by atoms with Crippen molar-refractivity contribution in [2.24, 2.45) is 0 Å². The topological polar surface area (TPSA) is 44.8 Å².